The minimum absolute atomic E-state index is 0.106. The van der Waals surface area contributed by atoms with Crippen molar-refractivity contribution in [3.63, 3.8) is 0 Å². The molecule has 0 unspecified atom stereocenters. The average Bonchev–Trinajstić information content (AvgIpc) is 2.60. The highest BCUT2D eigenvalue weighted by Gasteiger charge is 2.21. The third-order valence-electron chi connectivity index (χ3n) is 3.89. The van der Waals surface area contributed by atoms with Crippen LogP contribution in [0.1, 0.15) is 10.4 Å². The molecule has 1 N–H and O–H groups in total. The largest absolute Gasteiger partial charge is 0.354 e. The molecular formula is C17H16Cl2N4O2. The van der Waals surface area contributed by atoms with Crippen LogP contribution in [0.4, 0.5) is 11.4 Å². The zero-order valence-corrected chi connectivity index (χ0v) is 14.8. The summed E-state index contributed by atoms with van der Waals surface area (Å²) in [5, 5.41) is 4.18. The Balaban J connectivity index is 1.72. The number of pyridine rings is 1. The van der Waals surface area contributed by atoms with Crippen LogP contribution < -0.4 is 5.32 Å². The molecule has 2 heterocycles. The van der Waals surface area contributed by atoms with Crippen LogP contribution in [0.5, 0.6) is 0 Å². The van der Waals surface area contributed by atoms with Crippen molar-refractivity contribution in [3.8, 4) is 0 Å². The number of benzene rings is 1. The minimum Gasteiger partial charge on any atom is -0.354 e. The highest BCUT2D eigenvalue weighted by molar-refractivity contribution is 6.35. The van der Waals surface area contributed by atoms with Crippen LogP contribution in [0.2, 0.25) is 10.0 Å². The van der Waals surface area contributed by atoms with Gasteiger partial charge in [-0.15, -0.1) is 0 Å². The number of piperazine rings is 1. The molecule has 1 saturated heterocycles. The normalized spacial score (nSPS) is 14.3. The number of carbonyl (C=O) groups excluding carboxylic acids is 2. The van der Waals surface area contributed by atoms with Gasteiger partial charge in [0.05, 0.1) is 17.4 Å². The van der Waals surface area contributed by atoms with Crippen molar-refractivity contribution < 1.29 is 9.59 Å². The first-order chi connectivity index (χ1) is 12.0. The van der Waals surface area contributed by atoms with Crippen molar-refractivity contribution in [2.75, 3.05) is 31.5 Å². The van der Waals surface area contributed by atoms with Crippen molar-refractivity contribution in [1.29, 1.82) is 0 Å². The highest BCUT2D eigenvalue weighted by atomic mass is 35.5. The zero-order chi connectivity index (χ0) is 17.8. The molecule has 2 aromatic rings. The molecule has 1 aliphatic rings. The number of amides is 2. The number of hydrogen-bond acceptors (Lipinski definition) is 4. The van der Waals surface area contributed by atoms with Gasteiger partial charge >= 0.3 is 0 Å². The van der Waals surface area contributed by atoms with E-state index in [2.05, 4.69) is 10.3 Å². The molecule has 8 heteroatoms. The van der Waals surface area contributed by atoms with Gasteiger partial charge in [-0.05, 0) is 24.3 Å². The van der Waals surface area contributed by atoms with Crippen LogP contribution in [0.15, 0.2) is 36.7 Å². The lowest BCUT2D eigenvalue weighted by atomic mass is 10.2. The molecule has 1 aromatic heterocycles. The number of nitrogens with zero attached hydrogens (tertiary/aromatic N) is 3. The first-order valence-electron chi connectivity index (χ1n) is 7.72. The molecule has 0 radical (unpaired) electrons. The molecular weight excluding hydrogens is 363 g/mol. The summed E-state index contributed by atoms with van der Waals surface area (Å²) in [7, 11) is 0. The molecule has 1 aromatic carbocycles. The number of aromatic nitrogens is 1. The summed E-state index contributed by atoms with van der Waals surface area (Å²) >= 11 is 12.0. The Labute approximate surface area is 155 Å². The highest BCUT2D eigenvalue weighted by Crippen LogP contribution is 2.25. The number of hydrogen-bond donors (Lipinski definition) is 1. The Kier molecular flexibility index (Phi) is 5.40. The summed E-state index contributed by atoms with van der Waals surface area (Å²) in [5.74, 6) is -0.106. The maximum atomic E-state index is 12.6. The Morgan fingerprint density at radius 1 is 1.00 bits per heavy atom. The lowest BCUT2D eigenvalue weighted by Crippen LogP contribution is -2.48. The van der Waals surface area contributed by atoms with Crippen molar-refractivity contribution in [1.82, 2.24) is 14.8 Å². The second-order valence-corrected chi connectivity index (χ2v) is 6.55. The smallest absolute Gasteiger partial charge is 0.255 e. The van der Waals surface area contributed by atoms with Crippen LogP contribution in [0.25, 0.3) is 0 Å². The van der Waals surface area contributed by atoms with Crippen LogP contribution in [-0.2, 0) is 4.79 Å². The van der Waals surface area contributed by atoms with Gasteiger partial charge in [0.1, 0.15) is 0 Å². The Morgan fingerprint density at radius 3 is 2.32 bits per heavy atom. The molecule has 2 amide bonds. The van der Waals surface area contributed by atoms with Gasteiger partial charge in [-0.1, -0.05) is 23.2 Å². The summed E-state index contributed by atoms with van der Waals surface area (Å²) in [5.41, 5.74) is 1.86. The van der Waals surface area contributed by atoms with Gasteiger partial charge in [0.15, 0.2) is 0 Å². The molecule has 1 aliphatic heterocycles. The van der Waals surface area contributed by atoms with Crippen LogP contribution >= 0.6 is 23.2 Å². The van der Waals surface area contributed by atoms with E-state index < -0.39 is 0 Å². The molecule has 0 bridgehead atoms. The lowest BCUT2D eigenvalue weighted by molar-refractivity contribution is -0.119. The zero-order valence-electron chi connectivity index (χ0n) is 13.3. The van der Waals surface area contributed by atoms with Gasteiger partial charge < -0.3 is 15.1 Å². The van der Waals surface area contributed by atoms with E-state index in [4.69, 9.17) is 23.2 Å². The standard InChI is InChI=1S/C17H16Cl2N4O2/c18-13-6-14(19)8-15(7-13)21-16-5-12(9-20-10-16)17(25)23-3-1-22(11-24)2-4-23/h5-11,21H,1-4H2. The lowest BCUT2D eigenvalue weighted by Gasteiger charge is -2.32. The quantitative estimate of drug-likeness (QED) is 0.830. The van der Waals surface area contributed by atoms with E-state index in [9.17, 15) is 9.59 Å². The first kappa shape index (κ1) is 17.5. The van der Waals surface area contributed by atoms with Gasteiger partial charge in [-0.3, -0.25) is 14.6 Å². The van der Waals surface area contributed by atoms with E-state index in [1.165, 1.54) is 6.20 Å². The van der Waals surface area contributed by atoms with E-state index in [-0.39, 0.29) is 5.91 Å². The van der Waals surface area contributed by atoms with E-state index >= 15 is 0 Å². The predicted molar refractivity (Wildman–Crippen MR) is 97.5 cm³/mol. The van der Waals surface area contributed by atoms with E-state index in [1.807, 2.05) is 0 Å². The van der Waals surface area contributed by atoms with Crippen molar-refractivity contribution >= 4 is 46.9 Å². The number of rotatable bonds is 4. The number of anilines is 2. The fourth-order valence-electron chi connectivity index (χ4n) is 2.63. The fourth-order valence-corrected chi connectivity index (χ4v) is 3.16. The number of carbonyl (C=O) groups is 2. The molecule has 0 aliphatic carbocycles. The third-order valence-corrected chi connectivity index (χ3v) is 4.32. The van der Waals surface area contributed by atoms with Gasteiger partial charge in [0.2, 0.25) is 6.41 Å². The van der Waals surface area contributed by atoms with E-state index in [0.717, 1.165) is 6.41 Å². The molecule has 0 atom stereocenters. The second kappa shape index (κ2) is 7.72. The topological polar surface area (TPSA) is 65.5 Å². The van der Waals surface area contributed by atoms with Crippen molar-refractivity contribution in [2.45, 2.75) is 0 Å². The monoisotopic (exact) mass is 378 g/mol. The molecule has 6 nitrogen and oxygen atoms in total. The number of halogens is 2. The molecule has 3 rings (SSSR count). The van der Waals surface area contributed by atoms with E-state index in [0.29, 0.717) is 53.2 Å². The predicted octanol–water partition coefficient (Wildman–Crippen LogP) is 3.05. The second-order valence-electron chi connectivity index (χ2n) is 5.68. The number of nitrogens with one attached hydrogen (secondary N) is 1. The van der Waals surface area contributed by atoms with Gasteiger partial charge in [0, 0.05) is 48.1 Å². The maximum Gasteiger partial charge on any atom is 0.255 e. The molecule has 0 saturated carbocycles. The summed E-state index contributed by atoms with van der Waals surface area (Å²) in [6.45, 7) is 2.11. The van der Waals surface area contributed by atoms with Crippen LogP contribution in [-0.4, -0.2) is 53.3 Å². The van der Waals surface area contributed by atoms with Gasteiger partial charge in [-0.25, -0.2) is 0 Å². The van der Waals surface area contributed by atoms with Crippen molar-refractivity contribution in [3.05, 3.63) is 52.3 Å². The van der Waals surface area contributed by atoms with Gasteiger partial charge in [0.25, 0.3) is 5.91 Å². The van der Waals surface area contributed by atoms with Crippen LogP contribution in [0.3, 0.4) is 0 Å². The van der Waals surface area contributed by atoms with E-state index in [1.54, 1.807) is 40.3 Å². The third kappa shape index (κ3) is 4.41. The average molecular weight is 379 g/mol. The Bertz CT molecular complexity index is 772. The Hall–Kier alpha value is -2.31. The summed E-state index contributed by atoms with van der Waals surface area (Å²) < 4.78 is 0. The van der Waals surface area contributed by atoms with Gasteiger partial charge in [-0.2, -0.15) is 0 Å². The molecule has 1 fully saturated rings. The molecule has 0 spiro atoms. The molecule has 25 heavy (non-hydrogen) atoms. The first-order valence-corrected chi connectivity index (χ1v) is 8.47. The summed E-state index contributed by atoms with van der Waals surface area (Å²) in [4.78, 5) is 30.9. The Morgan fingerprint density at radius 2 is 1.68 bits per heavy atom. The minimum atomic E-state index is -0.106. The fraction of sp³-hybridized carbons (Fsp3) is 0.235. The van der Waals surface area contributed by atoms with Crippen LogP contribution in [0, 0.1) is 0 Å². The molecule has 130 valence electrons. The SMILES string of the molecule is O=CN1CCN(C(=O)c2cncc(Nc3cc(Cl)cc(Cl)c3)c2)CC1. The maximum absolute atomic E-state index is 12.6. The summed E-state index contributed by atoms with van der Waals surface area (Å²) in [6.07, 6.45) is 3.96. The summed E-state index contributed by atoms with van der Waals surface area (Å²) in [6, 6.07) is 6.85. The van der Waals surface area contributed by atoms with Crippen molar-refractivity contribution in [2.24, 2.45) is 0 Å².